The molecule has 1 saturated heterocycles. The quantitative estimate of drug-likeness (QED) is 0.210. The molecule has 1 aliphatic heterocycles. The molecule has 0 atom stereocenters. The fourth-order valence-corrected chi connectivity index (χ4v) is 4.53. The molecule has 0 radical (unpaired) electrons. The van der Waals surface area contributed by atoms with Crippen LogP contribution in [0.15, 0.2) is 86.9 Å². The Morgan fingerprint density at radius 2 is 1.82 bits per heavy atom. The Hall–Kier alpha value is -4.16. The highest BCUT2D eigenvalue weighted by Crippen LogP contribution is 2.35. The Labute approximate surface area is 230 Å². The summed E-state index contributed by atoms with van der Waals surface area (Å²) in [5.41, 5.74) is 9.18. The van der Waals surface area contributed by atoms with Gasteiger partial charge in [0.2, 0.25) is 5.91 Å². The first-order valence-corrected chi connectivity index (χ1v) is 12.6. The van der Waals surface area contributed by atoms with Crippen LogP contribution in [0.25, 0.3) is 0 Å². The van der Waals surface area contributed by atoms with Gasteiger partial charge in [-0.3, -0.25) is 9.69 Å². The largest absolute Gasteiger partial charge is 0.573 e. The Morgan fingerprint density at radius 1 is 1.10 bits per heavy atom. The third kappa shape index (κ3) is 7.45. The lowest BCUT2D eigenvalue weighted by Gasteiger charge is -2.19. The van der Waals surface area contributed by atoms with E-state index < -0.39 is 6.36 Å². The zero-order valence-electron chi connectivity index (χ0n) is 20.3. The highest BCUT2D eigenvalue weighted by atomic mass is 35.5. The molecule has 0 bridgehead atoms. The molecule has 0 aliphatic carbocycles. The first-order chi connectivity index (χ1) is 18.6. The molecular weight excluding hydrogens is 553 g/mol. The van der Waals surface area contributed by atoms with Gasteiger partial charge in [-0.25, -0.2) is 9.98 Å². The molecule has 0 spiro atoms. The van der Waals surface area contributed by atoms with Gasteiger partial charge in [0.1, 0.15) is 17.9 Å². The minimum absolute atomic E-state index is 0.125. The Bertz CT molecular complexity index is 1450. The minimum atomic E-state index is -4.76. The summed E-state index contributed by atoms with van der Waals surface area (Å²) in [4.78, 5) is 22.1. The molecule has 0 unspecified atom stereocenters. The summed E-state index contributed by atoms with van der Waals surface area (Å²) in [7, 11) is 0. The average molecular weight is 573 g/mol. The standard InChI is InChI=1S/C26H20ClF3N6O2S/c1-16-3-2-4-21(27)23(16)36-22(37)14-39-25(36)35-34-13-17-5-7-18(8-6-17)24(31)33-15-32-19-9-11-20(12-10-19)38-26(28,29)30/h2-13,15H,14H2,1H3,(H2,31,32,33)/b34-13-,35-25+. The number of rotatable bonds is 7. The number of para-hydroxylation sites is 1. The summed E-state index contributed by atoms with van der Waals surface area (Å²) in [6, 6.07) is 17.4. The second kappa shape index (κ2) is 12.1. The number of thioether (sulfide) groups is 1. The molecule has 1 aliphatic rings. The first-order valence-electron chi connectivity index (χ1n) is 11.2. The van der Waals surface area contributed by atoms with Gasteiger partial charge >= 0.3 is 6.36 Å². The van der Waals surface area contributed by atoms with Gasteiger partial charge in [-0.05, 0) is 48.4 Å². The van der Waals surface area contributed by atoms with Gasteiger partial charge in [-0.2, -0.15) is 5.10 Å². The number of hydrogen-bond donors (Lipinski definition) is 1. The fraction of sp³-hybridized carbons (Fsp3) is 0.115. The number of alkyl halides is 3. The van der Waals surface area contributed by atoms with Crippen LogP contribution >= 0.6 is 23.4 Å². The van der Waals surface area contributed by atoms with Crippen LogP contribution in [0, 0.1) is 6.92 Å². The number of hydrogen-bond acceptors (Lipinski definition) is 6. The van der Waals surface area contributed by atoms with Crippen molar-refractivity contribution >= 4 is 64.2 Å². The molecule has 0 aromatic heterocycles. The number of ether oxygens (including phenoxy) is 1. The second-order valence-corrected chi connectivity index (χ2v) is 9.32. The summed E-state index contributed by atoms with van der Waals surface area (Å²) >= 11 is 7.61. The lowest BCUT2D eigenvalue weighted by atomic mass is 10.1. The van der Waals surface area contributed by atoms with E-state index in [0.29, 0.717) is 27.1 Å². The van der Waals surface area contributed by atoms with Gasteiger partial charge in [0.15, 0.2) is 5.17 Å². The van der Waals surface area contributed by atoms with Crippen molar-refractivity contribution in [3.63, 3.8) is 0 Å². The number of carbonyl (C=O) groups excluding carboxylic acids is 1. The summed E-state index contributed by atoms with van der Waals surface area (Å²) < 4.78 is 40.5. The molecule has 13 heteroatoms. The number of carbonyl (C=O) groups is 1. The van der Waals surface area contributed by atoms with Crippen LogP contribution in [0.1, 0.15) is 16.7 Å². The van der Waals surface area contributed by atoms with Gasteiger partial charge in [0, 0.05) is 5.56 Å². The number of halogens is 4. The molecule has 2 N–H and O–H groups in total. The maximum absolute atomic E-state index is 12.5. The van der Waals surface area contributed by atoms with Crippen LogP contribution in [-0.2, 0) is 4.79 Å². The van der Waals surface area contributed by atoms with E-state index in [1.807, 2.05) is 19.1 Å². The lowest BCUT2D eigenvalue weighted by molar-refractivity contribution is -0.274. The summed E-state index contributed by atoms with van der Waals surface area (Å²) in [6.45, 7) is 1.87. The highest BCUT2D eigenvalue weighted by molar-refractivity contribution is 8.15. The summed E-state index contributed by atoms with van der Waals surface area (Å²) in [5.74, 6) is -0.0395. The molecule has 1 heterocycles. The predicted octanol–water partition coefficient (Wildman–Crippen LogP) is 6.08. The molecule has 39 heavy (non-hydrogen) atoms. The molecule has 3 aromatic rings. The van der Waals surface area contributed by atoms with E-state index in [-0.39, 0.29) is 23.2 Å². The third-order valence-electron chi connectivity index (χ3n) is 5.21. The van der Waals surface area contributed by atoms with Crippen molar-refractivity contribution in [1.82, 2.24) is 0 Å². The first kappa shape index (κ1) is 27.9. The van der Waals surface area contributed by atoms with E-state index in [0.717, 1.165) is 23.3 Å². The predicted molar refractivity (Wildman–Crippen MR) is 150 cm³/mol. The fourth-order valence-electron chi connectivity index (χ4n) is 3.41. The molecule has 200 valence electrons. The molecule has 8 nitrogen and oxygen atoms in total. The van der Waals surface area contributed by atoms with Crippen LogP contribution in [0.2, 0.25) is 5.02 Å². The van der Waals surface area contributed by atoms with Gasteiger partial charge in [-0.1, -0.05) is 59.8 Å². The zero-order chi connectivity index (χ0) is 28.0. The Kier molecular flexibility index (Phi) is 8.67. The van der Waals surface area contributed by atoms with Crippen LogP contribution in [-0.4, -0.2) is 41.6 Å². The lowest BCUT2D eigenvalue weighted by Crippen LogP contribution is -2.30. The number of amidine groups is 2. The molecule has 3 aromatic carbocycles. The van der Waals surface area contributed by atoms with Crippen molar-refractivity contribution in [2.24, 2.45) is 25.9 Å². The summed E-state index contributed by atoms with van der Waals surface area (Å²) in [5, 5.41) is 9.24. The van der Waals surface area contributed by atoms with Crippen LogP contribution < -0.4 is 15.4 Å². The van der Waals surface area contributed by atoms with E-state index in [1.54, 1.807) is 36.5 Å². The number of aryl methyl sites for hydroxylation is 1. The maximum Gasteiger partial charge on any atom is 0.573 e. The number of nitrogens with zero attached hydrogens (tertiary/aromatic N) is 5. The van der Waals surface area contributed by atoms with Gasteiger partial charge in [0.25, 0.3) is 0 Å². The minimum Gasteiger partial charge on any atom is -0.406 e. The zero-order valence-corrected chi connectivity index (χ0v) is 21.8. The monoisotopic (exact) mass is 572 g/mol. The van der Waals surface area contributed by atoms with Crippen molar-refractivity contribution in [1.29, 1.82) is 0 Å². The van der Waals surface area contributed by atoms with Gasteiger partial charge in [0.05, 0.1) is 28.4 Å². The van der Waals surface area contributed by atoms with Crippen LogP contribution in [0.4, 0.5) is 24.5 Å². The number of amides is 1. The van der Waals surface area contributed by atoms with E-state index in [9.17, 15) is 18.0 Å². The number of benzene rings is 3. The van der Waals surface area contributed by atoms with Crippen molar-refractivity contribution < 1.29 is 22.7 Å². The number of aliphatic imine (C=N–C) groups is 2. The van der Waals surface area contributed by atoms with E-state index in [1.165, 1.54) is 35.1 Å². The summed E-state index contributed by atoms with van der Waals surface area (Å²) in [6.07, 6.45) is -2.02. The van der Waals surface area contributed by atoms with Crippen molar-refractivity contribution in [3.8, 4) is 5.75 Å². The Morgan fingerprint density at radius 3 is 2.49 bits per heavy atom. The molecular formula is C26H20ClF3N6O2S. The van der Waals surface area contributed by atoms with Crippen LogP contribution in [0.3, 0.4) is 0 Å². The molecule has 0 saturated carbocycles. The van der Waals surface area contributed by atoms with E-state index >= 15 is 0 Å². The van der Waals surface area contributed by atoms with Crippen molar-refractivity contribution in [2.45, 2.75) is 13.3 Å². The van der Waals surface area contributed by atoms with Gasteiger partial charge in [-0.15, -0.1) is 18.3 Å². The number of nitrogens with two attached hydrogens (primary N) is 1. The van der Waals surface area contributed by atoms with E-state index in [2.05, 4.69) is 24.9 Å². The van der Waals surface area contributed by atoms with E-state index in [4.69, 9.17) is 17.3 Å². The highest BCUT2D eigenvalue weighted by Gasteiger charge is 2.32. The smallest absolute Gasteiger partial charge is 0.406 e. The average Bonchev–Trinajstić information content (AvgIpc) is 3.24. The molecule has 1 amide bonds. The molecule has 4 rings (SSSR count). The second-order valence-electron chi connectivity index (χ2n) is 7.97. The SMILES string of the molecule is Cc1cccc(Cl)c1N1C(=O)CS/C1=N/N=C\c1ccc(C(N)=NC=Nc2ccc(OC(F)(F)F)cc2)cc1. The van der Waals surface area contributed by atoms with Crippen molar-refractivity contribution in [3.05, 3.63) is 88.4 Å². The molecule has 1 fully saturated rings. The Balaban J connectivity index is 1.39. The normalized spacial score (nSPS) is 15.7. The van der Waals surface area contributed by atoms with Crippen molar-refractivity contribution in [2.75, 3.05) is 10.7 Å². The van der Waals surface area contributed by atoms with Crippen LogP contribution in [0.5, 0.6) is 5.75 Å². The topological polar surface area (TPSA) is 105 Å². The maximum atomic E-state index is 12.5. The van der Waals surface area contributed by atoms with Gasteiger partial charge < -0.3 is 10.5 Å². The third-order valence-corrected chi connectivity index (χ3v) is 6.43. The number of anilines is 1.